The molecule has 28 heavy (non-hydrogen) atoms. The molecular formula is C18H28N6O4. The summed E-state index contributed by atoms with van der Waals surface area (Å²) in [7, 11) is 0. The van der Waals surface area contributed by atoms with Crippen molar-refractivity contribution in [2.45, 2.75) is 18.8 Å². The highest BCUT2D eigenvalue weighted by Crippen LogP contribution is 2.29. The first-order valence-electron chi connectivity index (χ1n) is 9.97. The lowest BCUT2D eigenvalue weighted by atomic mass is 9.94. The molecule has 3 saturated heterocycles. The summed E-state index contributed by atoms with van der Waals surface area (Å²) in [4.78, 5) is 30.7. The van der Waals surface area contributed by atoms with Gasteiger partial charge in [0, 0.05) is 51.3 Å². The Bertz CT molecular complexity index is 703. The predicted octanol–water partition coefficient (Wildman–Crippen LogP) is 0.397. The third kappa shape index (κ3) is 3.93. The Balaban J connectivity index is 1.35. The fraction of sp³-hybridized carbons (Fsp3) is 0.722. The summed E-state index contributed by atoms with van der Waals surface area (Å²) in [6.45, 7) is 6.07. The van der Waals surface area contributed by atoms with Gasteiger partial charge in [0.15, 0.2) is 0 Å². The van der Waals surface area contributed by atoms with Crippen LogP contribution in [0.15, 0.2) is 6.07 Å². The van der Waals surface area contributed by atoms with E-state index in [9.17, 15) is 9.59 Å². The van der Waals surface area contributed by atoms with E-state index in [1.54, 1.807) is 11.0 Å². The predicted molar refractivity (Wildman–Crippen MR) is 101 cm³/mol. The number of anilines is 1. The normalized spacial score (nSPS) is 21.8. The van der Waals surface area contributed by atoms with Gasteiger partial charge in [-0.2, -0.15) is 9.78 Å². The van der Waals surface area contributed by atoms with Gasteiger partial charge in [0.1, 0.15) is 5.82 Å². The van der Waals surface area contributed by atoms with Crippen molar-refractivity contribution in [3.63, 3.8) is 0 Å². The van der Waals surface area contributed by atoms with Crippen LogP contribution in [0.3, 0.4) is 0 Å². The van der Waals surface area contributed by atoms with Gasteiger partial charge in [-0.3, -0.25) is 0 Å². The first kappa shape index (κ1) is 19.0. The first-order chi connectivity index (χ1) is 13.6. The second-order valence-corrected chi connectivity index (χ2v) is 7.43. The van der Waals surface area contributed by atoms with Crippen molar-refractivity contribution in [1.29, 1.82) is 0 Å². The maximum absolute atomic E-state index is 12.7. The van der Waals surface area contributed by atoms with Crippen LogP contribution in [-0.2, 0) is 9.47 Å². The molecule has 0 aromatic carbocycles. The highest BCUT2D eigenvalue weighted by molar-refractivity contribution is 5.79. The molecule has 10 nitrogen and oxygen atoms in total. The molecule has 3 aliphatic rings. The number of hydrogen-bond donors (Lipinski definition) is 1. The molecule has 10 heteroatoms. The van der Waals surface area contributed by atoms with Crippen LogP contribution in [0.1, 0.15) is 24.5 Å². The van der Waals surface area contributed by atoms with E-state index in [4.69, 9.17) is 15.2 Å². The minimum Gasteiger partial charge on any atom is -0.383 e. The number of carbonyl (C=O) groups excluding carboxylic acids is 2. The number of nitrogens with two attached hydrogens (primary N) is 1. The van der Waals surface area contributed by atoms with Crippen LogP contribution in [-0.4, -0.2) is 102 Å². The minimum atomic E-state index is -0.202. The van der Waals surface area contributed by atoms with Gasteiger partial charge in [0.05, 0.1) is 32.1 Å². The van der Waals surface area contributed by atoms with Crippen molar-refractivity contribution in [3.05, 3.63) is 11.8 Å². The van der Waals surface area contributed by atoms with Gasteiger partial charge in [-0.25, -0.2) is 9.59 Å². The number of nitrogen functional groups attached to an aromatic ring is 1. The number of piperidine rings is 1. The molecule has 4 heterocycles. The number of likely N-dealkylation sites (tertiary alicyclic amines) is 1. The van der Waals surface area contributed by atoms with E-state index < -0.39 is 0 Å². The van der Waals surface area contributed by atoms with E-state index in [-0.39, 0.29) is 18.0 Å². The van der Waals surface area contributed by atoms with Crippen LogP contribution in [0.4, 0.5) is 15.4 Å². The van der Waals surface area contributed by atoms with Crippen molar-refractivity contribution >= 4 is 17.9 Å². The van der Waals surface area contributed by atoms with Gasteiger partial charge in [-0.05, 0) is 12.8 Å². The molecule has 0 atom stereocenters. The molecule has 3 amide bonds. The highest BCUT2D eigenvalue weighted by atomic mass is 16.5. The Morgan fingerprint density at radius 1 is 0.857 bits per heavy atom. The van der Waals surface area contributed by atoms with Gasteiger partial charge < -0.3 is 29.9 Å². The molecule has 0 unspecified atom stereocenters. The molecule has 0 bridgehead atoms. The second-order valence-electron chi connectivity index (χ2n) is 7.43. The Morgan fingerprint density at radius 2 is 1.36 bits per heavy atom. The van der Waals surface area contributed by atoms with Crippen molar-refractivity contribution in [2.75, 3.05) is 71.4 Å². The van der Waals surface area contributed by atoms with Crippen molar-refractivity contribution in [3.8, 4) is 0 Å². The molecule has 1 aromatic heterocycles. The molecule has 3 fully saturated rings. The molecule has 2 N–H and O–H groups in total. The first-order valence-corrected chi connectivity index (χ1v) is 9.97. The average molecular weight is 392 g/mol. The summed E-state index contributed by atoms with van der Waals surface area (Å²) in [5, 5.41) is 4.50. The smallest absolute Gasteiger partial charge is 0.346 e. The van der Waals surface area contributed by atoms with E-state index in [1.165, 1.54) is 4.68 Å². The zero-order valence-corrected chi connectivity index (χ0v) is 16.1. The molecule has 3 aliphatic heterocycles. The highest BCUT2D eigenvalue weighted by Gasteiger charge is 2.30. The van der Waals surface area contributed by atoms with Crippen molar-refractivity contribution in [1.82, 2.24) is 24.5 Å². The van der Waals surface area contributed by atoms with Crippen LogP contribution < -0.4 is 5.73 Å². The van der Waals surface area contributed by atoms with Crippen molar-refractivity contribution < 1.29 is 19.1 Å². The van der Waals surface area contributed by atoms with Crippen LogP contribution in [0.2, 0.25) is 0 Å². The van der Waals surface area contributed by atoms with Gasteiger partial charge in [0.2, 0.25) is 0 Å². The number of rotatable bonds is 1. The Morgan fingerprint density at radius 3 is 1.93 bits per heavy atom. The molecule has 1 aromatic rings. The summed E-state index contributed by atoms with van der Waals surface area (Å²) in [5.74, 6) is 0.563. The lowest BCUT2D eigenvalue weighted by Crippen LogP contribution is -2.50. The number of aromatic nitrogens is 2. The van der Waals surface area contributed by atoms with Gasteiger partial charge in [-0.1, -0.05) is 0 Å². The zero-order valence-electron chi connectivity index (χ0n) is 16.1. The maximum atomic E-state index is 12.7. The van der Waals surface area contributed by atoms with Crippen molar-refractivity contribution in [2.24, 2.45) is 0 Å². The molecule has 0 saturated carbocycles. The standard InChI is InChI=1S/C18H28N6O4/c19-16-13-15(20-24(16)18(26)23-7-11-28-12-8-23)14-1-3-21(4-2-14)17(25)22-5-9-27-10-6-22/h13-14H,1-12,19H2. The quantitative estimate of drug-likeness (QED) is 0.741. The number of amides is 3. The summed E-state index contributed by atoms with van der Waals surface area (Å²) in [5.41, 5.74) is 6.90. The zero-order chi connectivity index (χ0) is 19.5. The number of urea groups is 1. The maximum Gasteiger partial charge on any atom is 0.346 e. The number of ether oxygens (including phenoxy) is 2. The van der Waals surface area contributed by atoms with E-state index in [1.807, 2.05) is 9.80 Å². The molecule has 0 radical (unpaired) electrons. The van der Waals surface area contributed by atoms with Gasteiger partial charge in [-0.15, -0.1) is 0 Å². The lowest BCUT2D eigenvalue weighted by molar-refractivity contribution is 0.0411. The number of morpholine rings is 2. The van der Waals surface area contributed by atoms with Crippen LogP contribution >= 0.6 is 0 Å². The van der Waals surface area contributed by atoms with E-state index in [0.717, 1.165) is 18.5 Å². The third-order valence-electron chi connectivity index (χ3n) is 5.68. The topological polar surface area (TPSA) is 106 Å². The largest absolute Gasteiger partial charge is 0.383 e. The summed E-state index contributed by atoms with van der Waals surface area (Å²) >= 11 is 0. The lowest BCUT2D eigenvalue weighted by Gasteiger charge is -2.36. The molecule has 0 spiro atoms. The molecule has 4 rings (SSSR count). The molecule has 154 valence electrons. The minimum absolute atomic E-state index is 0.0919. The number of hydrogen-bond acceptors (Lipinski definition) is 6. The van der Waals surface area contributed by atoms with Gasteiger partial charge >= 0.3 is 12.1 Å². The fourth-order valence-corrected chi connectivity index (χ4v) is 3.98. The number of carbonyl (C=O) groups is 2. The average Bonchev–Trinajstić information content (AvgIpc) is 3.15. The van der Waals surface area contributed by atoms with Crippen LogP contribution in [0, 0.1) is 0 Å². The second kappa shape index (κ2) is 8.36. The molecular weight excluding hydrogens is 364 g/mol. The summed E-state index contributed by atoms with van der Waals surface area (Å²) < 4.78 is 11.9. The Kier molecular flexibility index (Phi) is 5.67. The van der Waals surface area contributed by atoms with E-state index in [0.29, 0.717) is 71.5 Å². The third-order valence-corrected chi connectivity index (χ3v) is 5.68. The Hall–Kier alpha value is -2.33. The molecule has 0 aliphatic carbocycles. The van der Waals surface area contributed by atoms with E-state index >= 15 is 0 Å². The van der Waals surface area contributed by atoms with Crippen LogP contribution in [0.5, 0.6) is 0 Å². The summed E-state index contributed by atoms with van der Waals surface area (Å²) in [6.07, 6.45) is 1.64. The fourth-order valence-electron chi connectivity index (χ4n) is 3.98. The monoisotopic (exact) mass is 392 g/mol. The number of nitrogens with zero attached hydrogens (tertiary/aromatic N) is 5. The van der Waals surface area contributed by atoms with E-state index in [2.05, 4.69) is 5.10 Å². The van der Waals surface area contributed by atoms with Crippen LogP contribution in [0.25, 0.3) is 0 Å². The SMILES string of the molecule is Nc1cc(C2CCN(C(=O)N3CCOCC3)CC2)nn1C(=O)N1CCOCC1. The van der Waals surface area contributed by atoms with Gasteiger partial charge in [0.25, 0.3) is 0 Å². The summed E-state index contributed by atoms with van der Waals surface area (Å²) in [6, 6.07) is 1.68. The Labute approximate surface area is 164 Å².